The van der Waals surface area contributed by atoms with Gasteiger partial charge in [-0.3, -0.25) is 0 Å². The average molecular weight is 250 g/mol. The van der Waals surface area contributed by atoms with Crippen molar-refractivity contribution in [3.63, 3.8) is 0 Å². The molecular weight excluding hydrogens is 228 g/mol. The second-order valence-corrected chi connectivity index (χ2v) is 4.89. The van der Waals surface area contributed by atoms with Crippen LogP contribution in [0.3, 0.4) is 0 Å². The third kappa shape index (κ3) is 3.03. The summed E-state index contributed by atoms with van der Waals surface area (Å²) in [6, 6.07) is 7.68. The number of benzene rings is 1. The lowest BCUT2D eigenvalue weighted by Crippen LogP contribution is -2.19. The Morgan fingerprint density at radius 3 is 2.83 bits per heavy atom. The number of ether oxygens (including phenoxy) is 2. The summed E-state index contributed by atoms with van der Waals surface area (Å²) in [5.74, 6) is 0.773. The van der Waals surface area contributed by atoms with Crippen LogP contribution in [-0.2, 0) is 4.74 Å². The van der Waals surface area contributed by atoms with E-state index in [1.54, 1.807) is 0 Å². The van der Waals surface area contributed by atoms with Crippen LogP contribution in [0.4, 0.5) is 0 Å². The molecule has 1 N–H and O–H groups in total. The van der Waals surface area contributed by atoms with Crippen LogP contribution >= 0.6 is 0 Å². The highest BCUT2D eigenvalue weighted by Gasteiger charge is 2.30. The zero-order valence-electron chi connectivity index (χ0n) is 11.1. The summed E-state index contributed by atoms with van der Waals surface area (Å²) in [6.45, 7) is 4.79. The smallest absolute Gasteiger partial charge is 0.125 e. The summed E-state index contributed by atoms with van der Waals surface area (Å²) in [5.41, 5.74) is 0.838. The fourth-order valence-corrected chi connectivity index (χ4v) is 2.33. The van der Waals surface area contributed by atoms with E-state index >= 15 is 0 Å². The Kier molecular flexibility index (Phi) is 4.61. The summed E-state index contributed by atoms with van der Waals surface area (Å²) < 4.78 is 11.4. The molecule has 1 aliphatic heterocycles. The minimum Gasteiger partial charge on any atom is -0.493 e. The highest BCUT2D eigenvalue weighted by molar-refractivity contribution is 5.35. The van der Waals surface area contributed by atoms with Crippen molar-refractivity contribution < 1.29 is 14.6 Å². The number of rotatable bonds is 5. The minimum absolute atomic E-state index is 0.105. The maximum atomic E-state index is 10.4. The predicted octanol–water partition coefficient (Wildman–Crippen LogP) is 3.08. The molecule has 1 aromatic rings. The van der Waals surface area contributed by atoms with E-state index in [0.29, 0.717) is 6.61 Å². The van der Waals surface area contributed by atoms with Crippen LogP contribution in [-0.4, -0.2) is 23.9 Å². The topological polar surface area (TPSA) is 38.7 Å². The van der Waals surface area contributed by atoms with E-state index in [-0.39, 0.29) is 12.2 Å². The molecule has 3 heteroatoms. The van der Waals surface area contributed by atoms with Crippen molar-refractivity contribution in [2.75, 3.05) is 6.61 Å². The quantitative estimate of drug-likeness (QED) is 0.872. The molecule has 0 spiro atoms. The largest absolute Gasteiger partial charge is 0.493 e. The Labute approximate surface area is 109 Å². The Bertz CT molecular complexity index is 378. The van der Waals surface area contributed by atoms with Gasteiger partial charge in [-0.2, -0.15) is 0 Å². The zero-order chi connectivity index (χ0) is 13.0. The van der Waals surface area contributed by atoms with Crippen LogP contribution in [0.5, 0.6) is 5.75 Å². The summed E-state index contributed by atoms with van der Waals surface area (Å²) in [4.78, 5) is 0. The van der Waals surface area contributed by atoms with Crippen LogP contribution in [0.15, 0.2) is 24.3 Å². The minimum atomic E-state index is -0.594. The maximum absolute atomic E-state index is 10.4. The summed E-state index contributed by atoms with van der Waals surface area (Å²) in [5, 5.41) is 10.4. The van der Waals surface area contributed by atoms with Gasteiger partial charge in [0.15, 0.2) is 0 Å². The Balaban J connectivity index is 2.11. The van der Waals surface area contributed by atoms with Gasteiger partial charge in [0.05, 0.1) is 18.8 Å². The summed E-state index contributed by atoms with van der Waals surface area (Å²) >= 11 is 0. The molecule has 100 valence electrons. The molecule has 3 nitrogen and oxygen atoms in total. The van der Waals surface area contributed by atoms with Gasteiger partial charge in [-0.05, 0) is 32.3 Å². The molecule has 0 aromatic heterocycles. The van der Waals surface area contributed by atoms with Crippen molar-refractivity contribution in [2.45, 2.75) is 51.4 Å². The van der Waals surface area contributed by atoms with E-state index in [1.165, 1.54) is 0 Å². The number of hydrogen-bond acceptors (Lipinski definition) is 3. The third-order valence-corrected chi connectivity index (χ3v) is 3.32. The standard InChI is InChI=1S/C15H22O3/c1-3-10-17-13-7-5-4-6-12(13)15(16)14-9-8-11(2)18-14/h4-7,11,14-16H,3,8-10H2,1-2H3. The van der Waals surface area contributed by atoms with Gasteiger partial charge in [-0.1, -0.05) is 25.1 Å². The fraction of sp³-hybridized carbons (Fsp3) is 0.600. The first kappa shape index (κ1) is 13.4. The molecule has 3 unspecified atom stereocenters. The Hall–Kier alpha value is -1.06. The number of para-hydroxylation sites is 1. The van der Waals surface area contributed by atoms with Crippen LogP contribution in [0.1, 0.15) is 44.8 Å². The number of hydrogen-bond donors (Lipinski definition) is 1. The van der Waals surface area contributed by atoms with Crippen molar-refractivity contribution in [2.24, 2.45) is 0 Å². The van der Waals surface area contributed by atoms with Crippen molar-refractivity contribution in [1.29, 1.82) is 0 Å². The highest BCUT2D eigenvalue weighted by atomic mass is 16.5. The van der Waals surface area contributed by atoms with Gasteiger partial charge in [0.1, 0.15) is 11.9 Å². The van der Waals surface area contributed by atoms with E-state index < -0.39 is 6.10 Å². The third-order valence-electron chi connectivity index (χ3n) is 3.32. The van der Waals surface area contributed by atoms with E-state index in [2.05, 4.69) is 6.92 Å². The number of aliphatic hydroxyl groups is 1. The molecule has 0 amide bonds. The first-order valence-corrected chi connectivity index (χ1v) is 6.77. The van der Waals surface area contributed by atoms with Gasteiger partial charge < -0.3 is 14.6 Å². The van der Waals surface area contributed by atoms with Crippen LogP contribution in [0, 0.1) is 0 Å². The monoisotopic (exact) mass is 250 g/mol. The molecule has 1 heterocycles. The van der Waals surface area contributed by atoms with Crippen molar-refractivity contribution in [1.82, 2.24) is 0 Å². The summed E-state index contributed by atoms with van der Waals surface area (Å²) in [7, 11) is 0. The van der Waals surface area contributed by atoms with E-state index in [9.17, 15) is 5.11 Å². The molecule has 3 atom stereocenters. The van der Waals surface area contributed by atoms with Gasteiger partial charge in [-0.15, -0.1) is 0 Å². The molecule has 0 saturated carbocycles. The molecular formula is C15H22O3. The average Bonchev–Trinajstić information content (AvgIpc) is 2.82. The van der Waals surface area contributed by atoms with Gasteiger partial charge in [-0.25, -0.2) is 0 Å². The van der Waals surface area contributed by atoms with Gasteiger partial charge in [0.25, 0.3) is 0 Å². The van der Waals surface area contributed by atoms with Crippen LogP contribution < -0.4 is 4.74 Å². The lowest BCUT2D eigenvalue weighted by molar-refractivity contribution is -0.0307. The lowest BCUT2D eigenvalue weighted by atomic mass is 10.0. The molecule has 0 aliphatic carbocycles. The van der Waals surface area contributed by atoms with Crippen LogP contribution in [0.2, 0.25) is 0 Å². The molecule has 2 rings (SSSR count). The maximum Gasteiger partial charge on any atom is 0.125 e. The molecule has 1 fully saturated rings. The SMILES string of the molecule is CCCOc1ccccc1C(O)C1CCC(C)O1. The second-order valence-electron chi connectivity index (χ2n) is 4.89. The predicted molar refractivity (Wildman–Crippen MR) is 70.8 cm³/mol. The Morgan fingerprint density at radius 2 is 2.17 bits per heavy atom. The zero-order valence-corrected chi connectivity index (χ0v) is 11.1. The molecule has 18 heavy (non-hydrogen) atoms. The first-order chi connectivity index (χ1) is 8.72. The van der Waals surface area contributed by atoms with E-state index in [0.717, 1.165) is 30.6 Å². The van der Waals surface area contributed by atoms with Crippen LogP contribution in [0.25, 0.3) is 0 Å². The van der Waals surface area contributed by atoms with E-state index in [1.807, 2.05) is 31.2 Å². The van der Waals surface area contributed by atoms with Gasteiger partial charge >= 0.3 is 0 Å². The van der Waals surface area contributed by atoms with E-state index in [4.69, 9.17) is 9.47 Å². The molecule has 1 aliphatic rings. The summed E-state index contributed by atoms with van der Waals surface area (Å²) in [6.07, 6.45) is 2.42. The van der Waals surface area contributed by atoms with Crippen molar-refractivity contribution in [3.8, 4) is 5.75 Å². The second kappa shape index (κ2) is 6.21. The van der Waals surface area contributed by atoms with Gasteiger partial charge in [0, 0.05) is 5.56 Å². The lowest BCUT2D eigenvalue weighted by Gasteiger charge is -2.21. The number of aliphatic hydroxyl groups excluding tert-OH is 1. The fourth-order valence-electron chi connectivity index (χ4n) is 2.33. The molecule has 1 saturated heterocycles. The first-order valence-electron chi connectivity index (χ1n) is 6.77. The van der Waals surface area contributed by atoms with Crippen molar-refractivity contribution >= 4 is 0 Å². The van der Waals surface area contributed by atoms with Crippen molar-refractivity contribution in [3.05, 3.63) is 29.8 Å². The Morgan fingerprint density at radius 1 is 1.39 bits per heavy atom. The molecule has 0 bridgehead atoms. The molecule has 1 aromatic carbocycles. The van der Waals surface area contributed by atoms with Gasteiger partial charge in [0.2, 0.25) is 0 Å². The highest BCUT2D eigenvalue weighted by Crippen LogP contribution is 2.34. The molecule has 0 radical (unpaired) electrons. The normalized spacial score (nSPS) is 25.1.